The first kappa shape index (κ1) is 14.4. The molecule has 106 valence electrons. The van der Waals surface area contributed by atoms with Crippen LogP contribution in [0.5, 0.6) is 5.75 Å². The third-order valence-electron chi connectivity index (χ3n) is 3.92. The second-order valence-electron chi connectivity index (χ2n) is 5.42. The van der Waals surface area contributed by atoms with Crippen molar-refractivity contribution in [3.63, 3.8) is 0 Å². The van der Waals surface area contributed by atoms with Crippen LogP contribution in [-0.4, -0.2) is 37.7 Å². The van der Waals surface area contributed by atoms with E-state index in [0.717, 1.165) is 25.4 Å². The Morgan fingerprint density at radius 3 is 2.89 bits per heavy atom. The van der Waals surface area contributed by atoms with Gasteiger partial charge in [0.2, 0.25) is 0 Å². The normalized spacial score (nSPS) is 19.1. The van der Waals surface area contributed by atoms with Crippen LogP contribution in [0, 0.1) is 6.92 Å². The van der Waals surface area contributed by atoms with Crippen LogP contribution in [0.25, 0.3) is 0 Å². The SMILES string of the molecule is CCCN(Cc1ccc(C)c(OC)c1)C1CCNC1. The van der Waals surface area contributed by atoms with Crippen LogP contribution in [0.3, 0.4) is 0 Å². The number of benzene rings is 1. The fourth-order valence-electron chi connectivity index (χ4n) is 2.83. The lowest BCUT2D eigenvalue weighted by Crippen LogP contribution is -2.36. The smallest absolute Gasteiger partial charge is 0.122 e. The van der Waals surface area contributed by atoms with Gasteiger partial charge in [0, 0.05) is 19.1 Å². The fourth-order valence-corrected chi connectivity index (χ4v) is 2.83. The number of aryl methyl sites for hydroxylation is 1. The molecule has 1 aliphatic heterocycles. The molecule has 0 aromatic heterocycles. The molecule has 1 aliphatic rings. The molecular formula is C16H26N2O. The minimum absolute atomic E-state index is 0.687. The summed E-state index contributed by atoms with van der Waals surface area (Å²) < 4.78 is 5.42. The van der Waals surface area contributed by atoms with E-state index in [1.165, 1.54) is 30.5 Å². The predicted octanol–water partition coefficient (Wildman–Crippen LogP) is 2.58. The first-order chi connectivity index (χ1) is 9.24. The number of rotatable bonds is 6. The van der Waals surface area contributed by atoms with E-state index < -0.39 is 0 Å². The highest BCUT2D eigenvalue weighted by Crippen LogP contribution is 2.21. The van der Waals surface area contributed by atoms with E-state index in [4.69, 9.17) is 4.74 Å². The Balaban J connectivity index is 2.07. The Bertz CT molecular complexity index is 400. The molecule has 0 amide bonds. The van der Waals surface area contributed by atoms with Gasteiger partial charge in [-0.05, 0) is 50.0 Å². The molecule has 1 fully saturated rings. The first-order valence-electron chi connectivity index (χ1n) is 7.33. The van der Waals surface area contributed by atoms with Gasteiger partial charge in [-0.3, -0.25) is 4.90 Å². The van der Waals surface area contributed by atoms with Crippen LogP contribution in [-0.2, 0) is 6.54 Å². The van der Waals surface area contributed by atoms with E-state index >= 15 is 0 Å². The first-order valence-corrected chi connectivity index (χ1v) is 7.33. The Morgan fingerprint density at radius 1 is 1.42 bits per heavy atom. The Kier molecular flexibility index (Phi) is 5.23. The van der Waals surface area contributed by atoms with Gasteiger partial charge >= 0.3 is 0 Å². The minimum atomic E-state index is 0.687. The molecule has 3 nitrogen and oxygen atoms in total. The molecule has 1 heterocycles. The summed E-state index contributed by atoms with van der Waals surface area (Å²) in [7, 11) is 1.75. The maximum Gasteiger partial charge on any atom is 0.122 e. The molecule has 1 unspecified atom stereocenters. The zero-order valence-electron chi connectivity index (χ0n) is 12.4. The molecule has 1 N–H and O–H groups in total. The summed E-state index contributed by atoms with van der Waals surface area (Å²) in [6, 6.07) is 7.25. The molecule has 19 heavy (non-hydrogen) atoms. The lowest BCUT2D eigenvalue weighted by atomic mass is 10.1. The van der Waals surface area contributed by atoms with Crippen molar-refractivity contribution >= 4 is 0 Å². The summed E-state index contributed by atoms with van der Waals surface area (Å²) in [6.45, 7) is 8.82. The summed E-state index contributed by atoms with van der Waals surface area (Å²) in [5.74, 6) is 0.999. The summed E-state index contributed by atoms with van der Waals surface area (Å²) in [6.07, 6.45) is 2.47. The molecule has 0 radical (unpaired) electrons. The number of ether oxygens (including phenoxy) is 1. The molecule has 1 saturated heterocycles. The number of hydrogen-bond donors (Lipinski definition) is 1. The lowest BCUT2D eigenvalue weighted by molar-refractivity contribution is 0.199. The van der Waals surface area contributed by atoms with Crippen LogP contribution in [0.1, 0.15) is 30.9 Å². The van der Waals surface area contributed by atoms with Crippen molar-refractivity contribution in [2.24, 2.45) is 0 Å². The summed E-state index contributed by atoms with van der Waals surface area (Å²) in [5, 5.41) is 3.46. The van der Waals surface area contributed by atoms with E-state index in [2.05, 4.69) is 42.3 Å². The molecular weight excluding hydrogens is 236 g/mol. The number of hydrogen-bond acceptors (Lipinski definition) is 3. The van der Waals surface area contributed by atoms with Gasteiger partial charge in [0.15, 0.2) is 0 Å². The molecule has 1 aromatic carbocycles. The number of methoxy groups -OCH3 is 1. The lowest BCUT2D eigenvalue weighted by Gasteiger charge is -2.28. The molecule has 0 spiro atoms. The van der Waals surface area contributed by atoms with Crippen LogP contribution >= 0.6 is 0 Å². The third kappa shape index (κ3) is 3.71. The highest BCUT2D eigenvalue weighted by molar-refractivity contribution is 5.36. The van der Waals surface area contributed by atoms with Gasteiger partial charge in [0.25, 0.3) is 0 Å². The van der Waals surface area contributed by atoms with Crippen molar-refractivity contribution in [3.8, 4) is 5.75 Å². The third-order valence-corrected chi connectivity index (χ3v) is 3.92. The maximum absolute atomic E-state index is 5.42. The minimum Gasteiger partial charge on any atom is -0.496 e. The highest BCUT2D eigenvalue weighted by atomic mass is 16.5. The standard InChI is InChI=1S/C16H26N2O/c1-4-9-18(15-7-8-17-11-15)12-14-6-5-13(2)16(10-14)19-3/h5-6,10,15,17H,4,7-9,11-12H2,1-3H3. The highest BCUT2D eigenvalue weighted by Gasteiger charge is 2.21. The molecule has 1 atom stereocenters. The summed E-state index contributed by atoms with van der Waals surface area (Å²) in [4.78, 5) is 2.60. The van der Waals surface area contributed by atoms with Gasteiger partial charge in [0.05, 0.1) is 7.11 Å². The molecule has 0 aliphatic carbocycles. The van der Waals surface area contributed by atoms with Crippen molar-refractivity contribution in [1.29, 1.82) is 0 Å². The van der Waals surface area contributed by atoms with Crippen LogP contribution < -0.4 is 10.1 Å². The number of nitrogens with one attached hydrogen (secondary N) is 1. The Morgan fingerprint density at radius 2 is 2.26 bits per heavy atom. The van der Waals surface area contributed by atoms with Crippen LogP contribution in [0.15, 0.2) is 18.2 Å². The van der Waals surface area contributed by atoms with E-state index in [1.807, 2.05) is 0 Å². The zero-order valence-corrected chi connectivity index (χ0v) is 12.4. The molecule has 3 heteroatoms. The second-order valence-corrected chi connectivity index (χ2v) is 5.42. The summed E-state index contributed by atoms with van der Waals surface area (Å²) in [5.41, 5.74) is 2.55. The van der Waals surface area contributed by atoms with E-state index in [-0.39, 0.29) is 0 Å². The Hall–Kier alpha value is -1.06. The molecule has 0 bridgehead atoms. The Labute approximate surface area is 116 Å². The fraction of sp³-hybridized carbons (Fsp3) is 0.625. The van der Waals surface area contributed by atoms with Gasteiger partial charge in [-0.2, -0.15) is 0 Å². The summed E-state index contributed by atoms with van der Waals surface area (Å²) >= 11 is 0. The largest absolute Gasteiger partial charge is 0.496 e. The quantitative estimate of drug-likeness (QED) is 0.853. The van der Waals surface area contributed by atoms with E-state index in [9.17, 15) is 0 Å². The van der Waals surface area contributed by atoms with Gasteiger partial charge < -0.3 is 10.1 Å². The molecule has 2 rings (SSSR count). The van der Waals surface area contributed by atoms with E-state index in [0.29, 0.717) is 6.04 Å². The van der Waals surface area contributed by atoms with Crippen molar-refractivity contribution < 1.29 is 4.74 Å². The van der Waals surface area contributed by atoms with E-state index in [1.54, 1.807) is 7.11 Å². The number of nitrogens with zero attached hydrogens (tertiary/aromatic N) is 1. The second kappa shape index (κ2) is 6.92. The average Bonchev–Trinajstić information content (AvgIpc) is 2.94. The van der Waals surface area contributed by atoms with Gasteiger partial charge in [-0.1, -0.05) is 19.1 Å². The van der Waals surface area contributed by atoms with Gasteiger partial charge in [-0.15, -0.1) is 0 Å². The van der Waals surface area contributed by atoms with Crippen molar-refractivity contribution in [2.45, 2.75) is 39.3 Å². The van der Waals surface area contributed by atoms with Crippen LogP contribution in [0.2, 0.25) is 0 Å². The topological polar surface area (TPSA) is 24.5 Å². The zero-order chi connectivity index (χ0) is 13.7. The van der Waals surface area contributed by atoms with Gasteiger partial charge in [0.1, 0.15) is 5.75 Å². The molecule has 1 aromatic rings. The van der Waals surface area contributed by atoms with Crippen molar-refractivity contribution in [3.05, 3.63) is 29.3 Å². The van der Waals surface area contributed by atoms with Gasteiger partial charge in [-0.25, -0.2) is 0 Å². The average molecular weight is 262 g/mol. The van der Waals surface area contributed by atoms with Crippen LogP contribution in [0.4, 0.5) is 0 Å². The van der Waals surface area contributed by atoms with Crippen molar-refractivity contribution in [2.75, 3.05) is 26.7 Å². The van der Waals surface area contributed by atoms with Crippen molar-refractivity contribution in [1.82, 2.24) is 10.2 Å². The monoisotopic (exact) mass is 262 g/mol. The maximum atomic E-state index is 5.42. The molecule has 0 saturated carbocycles. The predicted molar refractivity (Wildman–Crippen MR) is 79.7 cm³/mol.